The van der Waals surface area contributed by atoms with E-state index in [0.29, 0.717) is 0 Å². The fourth-order valence-electron chi connectivity index (χ4n) is 1.93. The molecule has 0 bridgehead atoms. The highest BCUT2D eigenvalue weighted by atomic mass is 16.2. The molecule has 1 amide bonds. The van der Waals surface area contributed by atoms with E-state index < -0.39 is 0 Å². The van der Waals surface area contributed by atoms with Gasteiger partial charge in [-0.25, -0.2) is 4.98 Å². The van der Waals surface area contributed by atoms with Gasteiger partial charge < -0.3 is 5.32 Å². The van der Waals surface area contributed by atoms with E-state index in [1.165, 1.54) is 19.2 Å². The van der Waals surface area contributed by atoms with Gasteiger partial charge in [-0.2, -0.15) is 5.10 Å². The first kappa shape index (κ1) is 9.18. The Morgan fingerprint density at radius 3 is 2.86 bits per heavy atom. The minimum Gasteiger partial charge on any atom is -0.344 e. The summed E-state index contributed by atoms with van der Waals surface area (Å²) in [7, 11) is 0. The molecule has 0 spiro atoms. The summed E-state index contributed by atoms with van der Waals surface area (Å²) in [6.45, 7) is 2.08. The van der Waals surface area contributed by atoms with E-state index >= 15 is 0 Å². The van der Waals surface area contributed by atoms with Crippen molar-refractivity contribution in [2.75, 3.05) is 0 Å². The first-order chi connectivity index (χ1) is 6.70. The zero-order valence-electron chi connectivity index (χ0n) is 8.21. The van der Waals surface area contributed by atoms with Crippen LogP contribution < -0.4 is 5.32 Å². The standard InChI is InChI=1S/C9H14N4O/c1-9(4-2-3-5-9)12-8(14)7-10-6-11-13-7/h6H,2-5H2,1H3,(H,12,14)(H,10,11,13). The molecule has 1 aromatic heterocycles. The summed E-state index contributed by atoms with van der Waals surface area (Å²) >= 11 is 0. The van der Waals surface area contributed by atoms with Crippen molar-refractivity contribution in [2.45, 2.75) is 38.1 Å². The number of aromatic amines is 1. The Hall–Kier alpha value is -1.39. The van der Waals surface area contributed by atoms with Crippen LogP contribution in [0.25, 0.3) is 0 Å². The Balaban J connectivity index is 2.01. The van der Waals surface area contributed by atoms with Crippen molar-refractivity contribution < 1.29 is 4.79 Å². The predicted molar refractivity (Wildman–Crippen MR) is 50.7 cm³/mol. The molecule has 0 atom stereocenters. The molecule has 5 heteroatoms. The highest BCUT2D eigenvalue weighted by molar-refractivity contribution is 5.90. The molecule has 5 nitrogen and oxygen atoms in total. The Labute approximate surface area is 82.3 Å². The average molecular weight is 194 g/mol. The normalized spacial score (nSPS) is 19.5. The molecule has 0 unspecified atom stereocenters. The summed E-state index contributed by atoms with van der Waals surface area (Å²) in [6, 6.07) is 0. The molecule has 0 saturated heterocycles. The number of carbonyl (C=O) groups excluding carboxylic acids is 1. The van der Waals surface area contributed by atoms with Crippen LogP contribution in [0, 0.1) is 0 Å². The fraction of sp³-hybridized carbons (Fsp3) is 0.667. The molecular weight excluding hydrogens is 180 g/mol. The SMILES string of the molecule is CC1(NC(=O)c2ncn[nH]2)CCCC1. The number of hydrogen-bond donors (Lipinski definition) is 2. The van der Waals surface area contributed by atoms with Crippen LogP contribution in [0.2, 0.25) is 0 Å². The van der Waals surface area contributed by atoms with E-state index in [0.717, 1.165) is 12.8 Å². The van der Waals surface area contributed by atoms with Crippen molar-refractivity contribution >= 4 is 5.91 Å². The minimum atomic E-state index is -0.160. The molecule has 1 aliphatic carbocycles. The van der Waals surface area contributed by atoms with Gasteiger partial charge in [-0.1, -0.05) is 12.8 Å². The number of hydrogen-bond acceptors (Lipinski definition) is 3. The van der Waals surface area contributed by atoms with Gasteiger partial charge in [0.15, 0.2) is 0 Å². The zero-order chi connectivity index (χ0) is 10.0. The van der Waals surface area contributed by atoms with Gasteiger partial charge in [0.25, 0.3) is 5.91 Å². The number of nitrogens with zero attached hydrogens (tertiary/aromatic N) is 2. The number of carbonyl (C=O) groups is 1. The lowest BCUT2D eigenvalue weighted by Gasteiger charge is -2.24. The van der Waals surface area contributed by atoms with E-state index in [1.807, 2.05) is 0 Å². The number of H-pyrrole nitrogens is 1. The maximum atomic E-state index is 11.6. The van der Waals surface area contributed by atoms with Gasteiger partial charge in [-0.05, 0) is 19.8 Å². The average Bonchev–Trinajstić information content (AvgIpc) is 2.74. The maximum Gasteiger partial charge on any atom is 0.289 e. The highest BCUT2D eigenvalue weighted by Gasteiger charge is 2.30. The molecular formula is C9H14N4O. The van der Waals surface area contributed by atoms with Crippen molar-refractivity contribution in [1.82, 2.24) is 20.5 Å². The van der Waals surface area contributed by atoms with E-state index in [9.17, 15) is 4.79 Å². The lowest BCUT2D eigenvalue weighted by atomic mass is 10.0. The molecule has 1 aromatic rings. The van der Waals surface area contributed by atoms with Gasteiger partial charge in [0.2, 0.25) is 5.82 Å². The third kappa shape index (κ3) is 1.76. The molecule has 1 saturated carbocycles. The summed E-state index contributed by atoms with van der Waals surface area (Å²) in [4.78, 5) is 15.4. The summed E-state index contributed by atoms with van der Waals surface area (Å²) in [5, 5.41) is 9.18. The molecule has 2 rings (SSSR count). The molecule has 14 heavy (non-hydrogen) atoms. The van der Waals surface area contributed by atoms with Crippen LogP contribution in [0.1, 0.15) is 43.2 Å². The third-order valence-electron chi connectivity index (χ3n) is 2.75. The largest absolute Gasteiger partial charge is 0.344 e. The molecule has 2 N–H and O–H groups in total. The molecule has 76 valence electrons. The van der Waals surface area contributed by atoms with Crippen molar-refractivity contribution in [1.29, 1.82) is 0 Å². The number of aromatic nitrogens is 3. The quantitative estimate of drug-likeness (QED) is 0.733. The number of amides is 1. The lowest BCUT2D eigenvalue weighted by Crippen LogP contribution is -2.44. The Kier molecular flexibility index (Phi) is 2.23. The van der Waals surface area contributed by atoms with Crippen LogP contribution in [0.15, 0.2) is 6.33 Å². The van der Waals surface area contributed by atoms with E-state index in [4.69, 9.17) is 0 Å². The second-order valence-electron chi connectivity index (χ2n) is 4.06. The second-order valence-corrected chi connectivity index (χ2v) is 4.06. The van der Waals surface area contributed by atoms with E-state index in [-0.39, 0.29) is 17.3 Å². The van der Waals surface area contributed by atoms with Crippen molar-refractivity contribution in [3.8, 4) is 0 Å². The Morgan fingerprint density at radius 1 is 1.57 bits per heavy atom. The zero-order valence-corrected chi connectivity index (χ0v) is 8.21. The fourth-order valence-corrected chi connectivity index (χ4v) is 1.93. The van der Waals surface area contributed by atoms with Crippen LogP contribution >= 0.6 is 0 Å². The van der Waals surface area contributed by atoms with Crippen molar-refractivity contribution in [3.05, 3.63) is 12.2 Å². The summed E-state index contributed by atoms with van der Waals surface area (Å²) in [6.07, 6.45) is 5.81. The summed E-state index contributed by atoms with van der Waals surface area (Å²) in [5.74, 6) is 0.130. The van der Waals surface area contributed by atoms with Gasteiger partial charge >= 0.3 is 0 Å². The van der Waals surface area contributed by atoms with Gasteiger partial charge in [-0.15, -0.1) is 0 Å². The van der Waals surface area contributed by atoms with Crippen molar-refractivity contribution in [2.24, 2.45) is 0 Å². The maximum absolute atomic E-state index is 11.6. The molecule has 1 heterocycles. The molecule has 1 aliphatic rings. The first-order valence-electron chi connectivity index (χ1n) is 4.87. The third-order valence-corrected chi connectivity index (χ3v) is 2.75. The van der Waals surface area contributed by atoms with Crippen LogP contribution in [0.3, 0.4) is 0 Å². The smallest absolute Gasteiger partial charge is 0.289 e. The van der Waals surface area contributed by atoms with Crippen LogP contribution in [0.5, 0.6) is 0 Å². The van der Waals surface area contributed by atoms with Crippen LogP contribution in [-0.2, 0) is 0 Å². The predicted octanol–water partition coefficient (Wildman–Crippen LogP) is 0.867. The first-order valence-corrected chi connectivity index (χ1v) is 4.87. The Morgan fingerprint density at radius 2 is 2.29 bits per heavy atom. The van der Waals surface area contributed by atoms with Crippen LogP contribution in [-0.4, -0.2) is 26.6 Å². The number of nitrogens with one attached hydrogen (secondary N) is 2. The summed E-state index contributed by atoms with van der Waals surface area (Å²) in [5.41, 5.74) is -0.0517. The van der Waals surface area contributed by atoms with Gasteiger partial charge in [0.05, 0.1) is 0 Å². The van der Waals surface area contributed by atoms with Gasteiger partial charge in [0.1, 0.15) is 6.33 Å². The lowest BCUT2D eigenvalue weighted by molar-refractivity contribution is 0.0898. The van der Waals surface area contributed by atoms with Gasteiger partial charge in [0, 0.05) is 5.54 Å². The van der Waals surface area contributed by atoms with E-state index in [2.05, 4.69) is 27.4 Å². The van der Waals surface area contributed by atoms with Gasteiger partial charge in [-0.3, -0.25) is 9.89 Å². The van der Waals surface area contributed by atoms with E-state index in [1.54, 1.807) is 0 Å². The topological polar surface area (TPSA) is 70.7 Å². The second kappa shape index (κ2) is 3.40. The molecule has 0 radical (unpaired) electrons. The number of rotatable bonds is 2. The van der Waals surface area contributed by atoms with Crippen LogP contribution in [0.4, 0.5) is 0 Å². The molecule has 1 fully saturated rings. The molecule has 0 aliphatic heterocycles. The minimum absolute atomic E-state index is 0.0517. The monoisotopic (exact) mass is 194 g/mol. The summed E-state index contributed by atoms with van der Waals surface area (Å²) < 4.78 is 0. The highest BCUT2D eigenvalue weighted by Crippen LogP contribution is 2.28. The molecule has 0 aromatic carbocycles. The Bertz CT molecular complexity index is 314. The van der Waals surface area contributed by atoms with Crippen molar-refractivity contribution in [3.63, 3.8) is 0 Å².